The molecule has 2 amide bonds. The number of amides is 2. The number of aryl methyl sites for hydroxylation is 2. The van der Waals surface area contributed by atoms with Crippen molar-refractivity contribution in [2.24, 2.45) is 5.92 Å². The van der Waals surface area contributed by atoms with Gasteiger partial charge in [0.25, 0.3) is 5.91 Å². The van der Waals surface area contributed by atoms with E-state index in [1.54, 1.807) is 18.1 Å². The van der Waals surface area contributed by atoms with Crippen molar-refractivity contribution in [3.63, 3.8) is 0 Å². The summed E-state index contributed by atoms with van der Waals surface area (Å²) in [6.45, 7) is 4.73. The minimum atomic E-state index is -0.266. The summed E-state index contributed by atoms with van der Waals surface area (Å²) in [7, 11) is 1.61. The molecule has 31 heavy (non-hydrogen) atoms. The third-order valence-electron chi connectivity index (χ3n) is 5.66. The van der Waals surface area contributed by atoms with Crippen molar-refractivity contribution >= 4 is 28.5 Å². The van der Waals surface area contributed by atoms with Gasteiger partial charge < -0.3 is 15.0 Å². The van der Waals surface area contributed by atoms with Crippen LogP contribution in [0.3, 0.4) is 0 Å². The van der Waals surface area contributed by atoms with Crippen molar-refractivity contribution in [3.8, 4) is 5.75 Å². The Balaban J connectivity index is 1.50. The van der Waals surface area contributed by atoms with Crippen LogP contribution in [0.4, 0.5) is 5.82 Å². The van der Waals surface area contributed by atoms with E-state index < -0.39 is 0 Å². The van der Waals surface area contributed by atoms with E-state index in [0.29, 0.717) is 30.2 Å². The largest absolute Gasteiger partial charge is 0.497 e. The van der Waals surface area contributed by atoms with Gasteiger partial charge in [-0.1, -0.05) is 6.07 Å². The number of carbonyl (C=O) groups is 2. The lowest BCUT2D eigenvalue weighted by Crippen LogP contribution is -2.44. The molecule has 1 saturated heterocycles. The molecule has 1 aromatic carbocycles. The quantitative estimate of drug-likeness (QED) is 0.698. The number of piperidine rings is 1. The number of pyridine rings is 2. The number of aromatic nitrogens is 2. The Morgan fingerprint density at radius 2 is 1.97 bits per heavy atom. The molecule has 0 bridgehead atoms. The molecule has 7 nitrogen and oxygen atoms in total. The normalized spacial score (nSPS) is 16.2. The predicted molar refractivity (Wildman–Crippen MR) is 119 cm³/mol. The van der Waals surface area contributed by atoms with Gasteiger partial charge >= 0.3 is 0 Å². The minimum Gasteiger partial charge on any atom is -0.497 e. The van der Waals surface area contributed by atoms with Crippen LogP contribution in [0.2, 0.25) is 0 Å². The average Bonchev–Trinajstić information content (AvgIpc) is 2.78. The van der Waals surface area contributed by atoms with Gasteiger partial charge in [0.05, 0.1) is 29.8 Å². The lowest BCUT2D eigenvalue weighted by molar-refractivity contribution is -0.121. The summed E-state index contributed by atoms with van der Waals surface area (Å²) in [6, 6.07) is 13.0. The first kappa shape index (κ1) is 20.8. The molecule has 4 rings (SSSR count). The average molecular weight is 418 g/mol. The van der Waals surface area contributed by atoms with E-state index in [9.17, 15) is 9.59 Å². The third kappa shape index (κ3) is 4.50. The summed E-state index contributed by atoms with van der Waals surface area (Å²) in [5.74, 6) is 0.813. The number of benzene rings is 1. The van der Waals surface area contributed by atoms with E-state index in [1.807, 2.05) is 50.2 Å². The van der Waals surface area contributed by atoms with Gasteiger partial charge in [0.15, 0.2) is 0 Å². The highest BCUT2D eigenvalue weighted by molar-refractivity contribution is 5.99. The summed E-state index contributed by atoms with van der Waals surface area (Å²) < 4.78 is 5.26. The van der Waals surface area contributed by atoms with Gasteiger partial charge in [-0.3, -0.25) is 14.6 Å². The number of nitrogens with one attached hydrogen (secondary N) is 1. The molecule has 1 fully saturated rings. The summed E-state index contributed by atoms with van der Waals surface area (Å²) in [6.07, 6.45) is 1.53. The van der Waals surface area contributed by atoms with Crippen molar-refractivity contribution in [1.29, 1.82) is 0 Å². The van der Waals surface area contributed by atoms with Crippen LogP contribution >= 0.6 is 0 Å². The van der Waals surface area contributed by atoms with Crippen LogP contribution < -0.4 is 10.1 Å². The SMILES string of the molecule is COc1ccc2cc(C(=O)N3CCCC(C(=O)Nc4cccc(C)n4)C3)c(C)nc2c1. The number of carbonyl (C=O) groups excluding carboxylic acids is 2. The lowest BCUT2D eigenvalue weighted by atomic mass is 9.96. The molecule has 0 aliphatic carbocycles. The molecule has 160 valence electrons. The van der Waals surface area contributed by atoms with Gasteiger partial charge in [-0.2, -0.15) is 0 Å². The molecule has 0 spiro atoms. The van der Waals surface area contributed by atoms with Gasteiger partial charge in [0.1, 0.15) is 11.6 Å². The fourth-order valence-electron chi connectivity index (χ4n) is 3.97. The van der Waals surface area contributed by atoms with Crippen molar-refractivity contribution < 1.29 is 14.3 Å². The topological polar surface area (TPSA) is 84.4 Å². The first-order valence-corrected chi connectivity index (χ1v) is 10.4. The van der Waals surface area contributed by atoms with Crippen LogP contribution in [0, 0.1) is 19.8 Å². The van der Waals surface area contributed by atoms with Gasteiger partial charge in [-0.25, -0.2) is 4.98 Å². The van der Waals surface area contributed by atoms with E-state index in [0.717, 1.165) is 35.2 Å². The van der Waals surface area contributed by atoms with E-state index in [1.165, 1.54) is 0 Å². The number of hydrogen-bond acceptors (Lipinski definition) is 5. The Hall–Kier alpha value is -3.48. The number of rotatable bonds is 4. The van der Waals surface area contributed by atoms with Crippen molar-refractivity contribution in [2.75, 3.05) is 25.5 Å². The zero-order valence-corrected chi connectivity index (χ0v) is 18.0. The summed E-state index contributed by atoms with van der Waals surface area (Å²) in [5.41, 5.74) is 2.87. The fraction of sp³-hybridized carbons (Fsp3) is 0.333. The molecular formula is C24H26N4O3. The first-order chi connectivity index (χ1) is 14.9. The molecule has 1 unspecified atom stereocenters. The molecule has 3 aromatic rings. The molecule has 7 heteroatoms. The number of likely N-dealkylation sites (tertiary alicyclic amines) is 1. The standard InChI is InChI=1S/C24H26N4O3/c1-15-6-4-8-22(25-15)27-23(29)18-7-5-11-28(14-18)24(30)20-12-17-9-10-19(31-3)13-21(17)26-16(20)2/h4,6,8-10,12-13,18H,5,7,11,14H2,1-3H3,(H,25,27,29). The number of hydrogen-bond donors (Lipinski definition) is 1. The Morgan fingerprint density at radius 1 is 1.13 bits per heavy atom. The fourth-order valence-corrected chi connectivity index (χ4v) is 3.97. The van der Waals surface area contributed by atoms with Crippen LogP contribution in [-0.4, -0.2) is 46.9 Å². The smallest absolute Gasteiger partial charge is 0.255 e. The molecule has 1 atom stereocenters. The number of methoxy groups -OCH3 is 1. The number of nitrogens with zero attached hydrogens (tertiary/aromatic N) is 3. The van der Waals surface area contributed by atoms with Crippen LogP contribution in [0.1, 0.15) is 34.6 Å². The Morgan fingerprint density at radius 3 is 2.74 bits per heavy atom. The van der Waals surface area contributed by atoms with E-state index in [2.05, 4.69) is 15.3 Å². The van der Waals surface area contributed by atoms with E-state index >= 15 is 0 Å². The second-order valence-electron chi connectivity index (χ2n) is 7.92. The molecule has 1 N–H and O–H groups in total. The minimum absolute atomic E-state index is 0.0890. The number of ether oxygens (including phenoxy) is 1. The van der Waals surface area contributed by atoms with Crippen molar-refractivity contribution in [1.82, 2.24) is 14.9 Å². The monoisotopic (exact) mass is 418 g/mol. The van der Waals surface area contributed by atoms with Gasteiger partial charge in [0.2, 0.25) is 5.91 Å². The maximum absolute atomic E-state index is 13.3. The molecular weight excluding hydrogens is 392 g/mol. The molecule has 0 radical (unpaired) electrons. The maximum Gasteiger partial charge on any atom is 0.255 e. The number of anilines is 1. The maximum atomic E-state index is 13.3. The van der Waals surface area contributed by atoms with Crippen LogP contribution in [0.15, 0.2) is 42.5 Å². The Kier molecular flexibility index (Phi) is 5.84. The highest BCUT2D eigenvalue weighted by Gasteiger charge is 2.30. The zero-order chi connectivity index (χ0) is 22.0. The first-order valence-electron chi connectivity index (χ1n) is 10.4. The zero-order valence-electron chi connectivity index (χ0n) is 18.0. The van der Waals surface area contributed by atoms with Gasteiger partial charge in [-0.15, -0.1) is 0 Å². The third-order valence-corrected chi connectivity index (χ3v) is 5.66. The summed E-state index contributed by atoms with van der Waals surface area (Å²) >= 11 is 0. The van der Waals surface area contributed by atoms with Crippen LogP contribution in [0.5, 0.6) is 5.75 Å². The summed E-state index contributed by atoms with van der Waals surface area (Å²) in [5, 5.41) is 3.77. The molecule has 3 heterocycles. The van der Waals surface area contributed by atoms with E-state index in [4.69, 9.17) is 4.74 Å². The molecule has 2 aromatic heterocycles. The van der Waals surface area contributed by atoms with Gasteiger partial charge in [0, 0.05) is 30.2 Å². The second kappa shape index (κ2) is 8.71. The molecule has 1 aliphatic heterocycles. The Bertz CT molecular complexity index is 1140. The van der Waals surface area contributed by atoms with Crippen LogP contribution in [-0.2, 0) is 4.79 Å². The van der Waals surface area contributed by atoms with Gasteiger partial charge in [-0.05, 0) is 57.0 Å². The highest BCUT2D eigenvalue weighted by atomic mass is 16.5. The highest BCUT2D eigenvalue weighted by Crippen LogP contribution is 2.25. The molecule has 0 saturated carbocycles. The van der Waals surface area contributed by atoms with Crippen molar-refractivity contribution in [3.05, 3.63) is 59.4 Å². The number of fused-ring (bicyclic) bond motifs is 1. The predicted octanol–water partition coefficient (Wildman–Crippen LogP) is 3.75. The Labute approximate surface area is 181 Å². The lowest BCUT2D eigenvalue weighted by Gasteiger charge is -2.32. The second-order valence-corrected chi connectivity index (χ2v) is 7.92. The van der Waals surface area contributed by atoms with E-state index in [-0.39, 0.29) is 17.7 Å². The summed E-state index contributed by atoms with van der Waals surface area (Å²) in [4.78, 5) is 36.7. The molecule has 1 aliphatic rings. The van der Waals surface area contributed by atoms with Crippen LogP contribution in [0.25, 0.3) is 10.9 Å². The van der Waals surface area contributed by atoms with Crippen molar-refractivity contribution in [2.45, 2.75) is 26.7 Å².